The maximum atomic E-state index is 10.6. The molecule has 0 saturated carbocycles. The van der Waals surface area contributed by atoms with E-state index in [1.165, 1.54) is 0 Å². The predicted octanol–water partition coefficient (Wildman–Crippen LogP) is 1.94. The minimum atomic E-state index is -0.841. The first-order valence-electron chi connectivity index (χ1n) is 4.41. The molecule has 0 aliphatic carbocycles. The van der Waals surface area contributed by atoms with Crippen LogP contribution in [0.5, 0.6) is 5.75 Å². The van der Waals surface area contributed by atoms with E-state index < -0.39 is 5.97 Å². The summed E-state index contributed by atoms with van der Waals surface area (Å²) in [7, 11) is 1.56. The number of ether oxygens (including phenoxy) is 1. The Kier molecular flexibility index (Phi) is 3.12. The molecule has 0 atom stereocenters. The van der Waals surface area contributed by atoms with Crippen molar-refractivity contribution in [1.82, 2.24) is 0 Å². The van der Waals surface area contributed by atoms with Gasteiger partial charge in [-0.25, -0.2) is 0 Å². The quantitative estimate of drug-likeness (QED) is 0.799. The second-order valence-electron chi connectivity index (χ2n) is 3.27. The number of hydrogen-bond donors (Lipinski definition) is 1. The first-order chi connectivity index (χ1) is 6.56. The van der Waals surface area contributed by atoms with Crippen molar-refractivity contribution in [2.45, 2.75) is 20.3 Å². The third-order valence-corrected chi connectivity index (χ3v) is 2.30. The third-order valence-electron chi connectivity index (χ3n) is 2.30. The van der Waals surface area contributed by atoms with Crippen LogP contribution in [0.1, 0.15) is 16.7 Å². The molecule has 0 unspecified atom stereocenters. The fraction of sp³-hybridized carbons (Fsp3) is 0.364. The number of carboxylic acids is 1. The summed E-state index contributed by atoms with van der Waals surface area (Å²) in [5.41, 5.74) is 2.84. The highest BCUT2D eigenvalue weighted by Crippen LogP contribution is 2.26. The molecule has 3 nitrogen and oxygen atoms in total. The van der Waals surface area contributed by atoms with Gasteiger partial charge in [0.25, 0.3) is 0 Å². The first-order valence-corrected chi connectivity index (χ1v) is 4.41. The molecule has 1 aromatic carbocycles. The molecule has 0 heterocycles. The number of rotatable bonds is 3. The summed E-state index contributed by atoms with van der Waals surface area (Å²) in [6.45, 7) is 3.90. The average Bonchev–Trinajstić information content (AvgIpc) is 2.11. The molecular formula is C11H14O3. The van der Waals surface area contributed by atoms with Gasteiger partial charge in [-0.15, -0.1) is 0 Å². The van der Waals surface area contributed by atoms with Gasteiger partial charge in [-0.2, -0.15) is 0 Å². The average molecular weight is 194 g/mol. The Morgan fingerprint density at radius 2 is 2.07 bits per heavy atom. The van der Waals surface area contributed by atoms with Crippen molar-refractivity contribution in [3.8, 4) is 5.75 Å². The summed E-state index contributed by atoms with van der Waals surface area (Å²) >= 11 is 0. The Labute approximate surface area is 83.3 Å². The maximum absolute atomic E-state index is 10.6. The highest BCUT2D eigenvalue weighted by molar-refractivity contribution is 5.71. The second kappa shape index (κ2) is 4.13. The van der Waals surface area contributed by atoms with E-state index in [2.05, 4.69) is 0 Å². The van der Waals surface area contributed by atoms with Gasteiger partial charge in [-0.3, -0.25) is 4.79 Å². The number of carboxylic acid groups (broad SMARTS) is 1. The van der Waals surface area contributed by atoms with Gasteiger partial charge >= 0.3 is 5.97 Å². The van der Waals surface area contributed by atoms with Crippen molar-refractivity contribution in [2.24, 2.45) is 0 Å². The number of carbonyl (C=O) groups is 1. The lowest BCUT2D eigenvalue weighted by molar-refractivity contribution is -0.136. The lowest BCUT2D eigenvalue weighted by Gasteiger charge is -2.11. The Morgan fingerprint density at radius 3 is 2.57 bits per heavy atom. The van der Waals surface area contributed by atoms with E-state index in [-0.39, 0.29) is 6.42 Å². The van der Waals surface area contributed by atoms with E-state index in [0.717, 1.165) is 16.7 Å². The van der Waals surface area contributed by atoms with Crippen LogP contribution in [-0.2, 0) is 11.2 Å². The molecule has 0 fully saturated rings. The van der Waals surface area contributed by atoms with Crippen molar-refractivity contribution in [1.29, 1.82) is 0 Å². The topological polar surface area (TPSA) is 46.5 Å². The molecule has 0 aliphatic heterocycles. The number of aliphatic carboxylic acids is 1. The summed E-state index contributed by atoms with van der Waals surface area (Å²) in [6.07, 6.45) is 0.00426. The zero-order valence-corrected chi connectivity index (χ0v) is 8.63. The molecule has 1 aromatic rings. The fourth-order valence-corrected chi connectivity index (χ4v) is 1.43. The molecule has 0 radical (unpaired) electrons. The molecule has 3 heteroatoms. The molecule has 0 saturated heterocycles. The first kappa shape index (κ1) is 10.6. The standard InChI is InChI=1S/C11H14O3/c1-7-4-5-9(6-10(12)13)11(14-3)8(7)2/h4-5H,6H2,1-3H3,(H,12,13). The predicted molar refractivity (Wildman–Crippen MR) is 53.8 cm³/mol. The number of aryl methyl sites for hydroxylation is 1. The molecule has 0 spiro atoms. The van der Waals surface area contributed by atoms with E-state index in [9.17, 15) is 4.79 Å². The lowest BCUT2D eigenvalue weighted by atomic mass is 10.0. The Morgan fingerprint density at radius 1 is 1.43 bits per heavy atom. The van der Waals surface area contributed by atoms with Gasteiger partial charge < -0.3 is 9.84 Å². The van der Waals surface area contributed by atoms with Gasteiger partial charge in [0.15, 0.2) is 0 Å². The van der Waals surface area contributed by atoms with E-state index in [1.807, 2.05) is 19.9 Å². The Balaban J connectivity index is 3.17. The van der Waals surface area contributed by atoms with E-state index in [0.29, 0.717) is 5.75 Å². The van der Waals surface area contributed by atoms with Gasteiger partial charge in [0.1, 0.15) is 5.75 Å². The smallest absolute Gasteiger partial charge is 0.307 e. The zero-order chi connectivity index (χ0) is 10.7. The minimum Gasteiger partial charge on any atom is -0.496 e. The van der Waals surface area contributed by atoms with E-state index >= 15 is 0 Å². The van der Waals surface area contributed by atoms with Crippen molar-refractivity contribution in [3.05, 3.63) is 28.8 Å². The van der Waals surface area contributed by atoms with Crippen LogP contribution in [0.15, 0.2) is 12.1 Å². The van der Waals surface area contributed by atoms with Crippen molar-refractivity contribution in [2.75, 3.05) is 7.11 Å². The van der Waals surface area contributed by atoms with E-state index in [1.54, 1.807) is 13.2 Å². The van der Waals surface area contributed by atoms with Gasteiger partial charge in [0.2, 0.25) is 0 Å². The molecule has 0 bridgehead atoms. The van der Waals surface area contributed by atoms with Gasteiger partial charge in [0.05, 0.1) is 13.5 Å². The lowest BCUT2D eigenvalue weighted by Crippen LogP contribution is -2.04. The van der Waals surface area contributed by atoms with E-state index in [4.69, 9.17) is 9.84 Å². The third kappa shape index (κ3) is 2.05. The van der Waals surface area contributed by atoms with Gasteiger partial charge in [0, 0.05) is 5.56 Å². The molecule has 0 amide bonds. The summed E-state index contributed by atoms with van der Waals surface area (Å²) in [6, 6.07) is 3.71. The van der Waals surface area contributed by atoms with Crippen molar-refractivity contribution >= 4 is 5.97 Å². The van der Waals surface area contributed by atoms with Crippen LogP contribution in [0.3, 0.4) is 0 Å². The van der Waals surface area contributed by atoms with Crippen molar-refractivity contribution in [3.63, 3.8) is 0 Å². The van der Waals surface area contributed by atoms with Crippen LogP contribution >= 0.6 is 0 Å². The minimum absolute atomic E-state index is 0.00426. The molecule has 1 rings (SSSR count). The highest BCUT2D eigenvalue weighted by atomic mass is 16.5. The SMILES string of the molecule is COc1c(CC(=O)O)ccc(C)c1C. The monoisotopic (exact) mass is 194 g/mol. The van der Waals surface area contributed by atoms with Gasteiger partial charge in [-0.1, -0.05) is 12.1 Å². The van der Waals surface area contributed by atoms with Crippen LogP contribution in [0.2, 0.25) is 0 Å². The maximum Gasteiger partial charge on any atom is 0.307 e. The number of benzene rings is 1. The highest BCUT2D eigenvalue weighted by Gasteiger charge is 2.10. The van der Waals surface area contributed by atoms with Crippen molar-refractivity contribution < 1.29 is 14.6 Å². The summed E-state index contributed by atoms with van der Waals surface area (Å²) in [4.78, 5) is 10.6. The summed E-state index contributed by atoms with van der Waals surface area (Å²) in [5, 5.41) is 8.69. The second-order valence-corrected chi connectivity index (χ2v) is 3.27. The molecule has 14 heavy (non-hydrogen) atoms. The largest absolute Gasteiger partial charge is 0.496 e. The van der Waals surface area contributed by atoms with Crippen LogP contribution in [0.4, 0.5) is 0 Å². The van der Waals surface area contributed by atoms with Crippen LogP contribution < -0.4 is 4.74 Å². The Hall–Kier alpha value is -1.51. The molecular weight excluding hydrogens is 180 g/mol. The van der Waals surface area contributed by atoms with Crippen LogP contribution in [0, 0.1) is 13.8 Å². The number of hydrogen-bond acceptors (Lipinski definition) is 2. The molecule has 0 aromatic heterocycles. The normalized spacial score (nSPS) is 9.93. The summed E-state index contributed by atoms with van der Waals surface area (Å²) < 4.78 is 5.19. The fourth-order valence-electron chi connectivity index (χ4n) is 1.43. The Bertz CT molecular complexity index is 356. The summed E-state index contributed by atoms with van der Waals surface area (Å²) in [5.74, 6) is -0.154. The molecule has 76 valence electrons. The van der Waals surface area contributed by atoms with Gasteiger partial charge in [-0.05, 0) is 25.0 Å². The van der Waals surface area contributed by atoms with Crippen LogP contribution in [-0.4, -0.2) is 18.2 Å². The number of methoxy groups -OCH3 is 1. The van der Waals surface area contributed by atoms with Crippen LogP contribution in [0.25, 0.3) is 0 Å². The zero-order valence-electron chi connectivity index (χ0n) is 8.63. The molecule has 1 N–H and O–H groups in total. The molecule has 0 aliphatic rings.